The van der Waals surface area contributed by atoms with Crippen LogP contribution < -0.4 is 5.32 Å². The minimum atomic E-state index is -0.811. The number of aliphatic hydroxyl groups is 1. The number of aryl methyl sites for hydroxylation is 1. The van der Waals surface area contributed by atoms with Crippen LogP contribution in [0, 0.1) is 12.8 Å². The van der Waals surface area contributed by atoms with E-state index in [1.54, 1.807) is 19.9 Å². The second-order valence-electron chi connectivity index (χ2n) is 4.64. The number of carbonyl (C=O) groups is 1. The number of amides is 1. The van der Waals surface area contributed by atoms with E-state index in [1.165, 1.54) is 0 Å². The topological polar surface area (TPSA) is 75.4 Å². The highest BCUT2D eigenvalue weighted by molar-refractivity contribution is 5.92. The molecular weight excluding hydrogens is 208 g/mol. The van der Waals surface area contributed by atoms with Crippen molar-refractivity contribution in [1.82, 2.24) is 10.5 Å². The molecule has 0 radical (unpaired) electrons. The summed E-state index contributed by atoms with van der Waals surface area (Å²) >= 11 is 0. The highest BCUT2D eigenvalue weighted by Gasteiger charge is 2.40. The van der Waals surface area contributed by atoms with Crippen molar-refractivity contribution in [3.05, 3.63) is 17.5 Å². The Bertz CT molecular complexity index is 394. The van der Waals surface area contributed by atoms with Gasteiger partial charge in [0.15, 0.2) is 5.69 Å². The average Bonchev–Trinajstić information content (AvgIpc) is 2.99. The predicted molar refractivity (Wildman–Crippen MR) is 56.9 cm³/mol. The molecule has 1 aliphatic rings. The van der Waals surface area contributed by atoms with Crippen LogP contribution in [0.2, 0.25) is 0 Å². The second-order valence-corrected chi connectivity index (χ2v) is 4.64. The molecule has 0 aromatic carbocycles. The first-order valence-electron chi connectivity index (χ1n) is 5.43. The van der Waals surface area contributed by atoms with Crippen LogP contribution in [0.5, 0.6) is 0 Å². The molecule has 5 heteroatoms. The van der Waals surface area contributed by atoms with Gasteiger partial charge in [-0.15, -0.1) is 0 Å². The third kappa shape index (κ3) is 2.41. The molecule has 5 nitrogen and oxygen atoms in total. The van der Waals surface area contributed by atoms with Crippen molar-refractivity contribution in [2.45, 2.75) is 32.3 Å². The zero-order valence-corrected chi connectivity index (χ0v) is 9.49. The first-order valence-corrected chi connectivity index (χ1v) is 5.43. The first kappa shape index (κ1) is 11.1. The largest absolute Gasteiger partial charge is 0.388 e. The van der Waals surface area contributed by atoms with Gasteiger partial charge in [0.05, 0.1) is 5.60 Å². The van der Waals surface area contributed by atoms with Gasteiger partial charge >= 0.3 is 0 Å². The smallest absolute Gasteiger partial charge is 0.273 e. The van der Waals surface area contributed by atoms with Gasteiger partial charge in [0.25, 0.3) is 5.91 Å². The van der Waals surface area contributed by atoms with E-state index in [1.807, 2.05) is 0 Å². The quantitative estimate of drug-likeness (QED) is 0.795. The number of hydrogen-bond acceptors (Lipinski definition) is 4. The van der Waals surface area contributed by atoms with Gasteiger partial charge in [-0.3, -0.25) is 4.79 Å². The van der Waals surface area contributed by atoms with Gasteiger partial charge in [0.1, 0.15) is 5.76 Å². The minimum absolute atomic E-state index is 0.252. The normalized spacial score (nSPS) is 19.2. The molecule has 1 aliphatic carbocycles. The maximum atomic E-state index is 11.6. The number of rotatable bonds is 4. The Hall–Kier alpha value is -1.36. The highest BCUT2D eigenvalue weighted by Crippen LogP contribution is 2.38. The summed E-state index contributed by atoms with van der Waals surface area (Å²) in [6.07, 6.45) is 2.07. The first-order chi connectivity index (χ1) is 7.49. The molecule has 0 spiro atoms. The van der Waals surface area contributed by atoms with Gasteiger partial charge in [-0.2, -0.15) is 0 Å². The van der Waals surface area contributed by atoms with Gasteiger partial charge in [0, 0.05) is 12.6 Å². The Morgan fingerprint density at radius 3 is 2.94 bits per heavy atom. The van der Waals surface area contributed by atoms with E-state index < -0.39 is 5.60 Å². The van der Waals surface area contributed by atoms with E-state index in [0.29, 0.717) is 11.7 Å². The lowest BCUT2D eigenvalue weighted by molar-refractivity contribution is 0.0353. The summed E-state index contributed by atoms with van der Waals surface area (Å²) in [5.41, 5.74) is -0.557. The van der Waals surface area contributed by atoms with Crippen LogP contribution in [0.25, 0.3) is 0 Å². The summed E-state index contributed by atoms with van der Waals surface area (Å²) in [6.45, 7) is 3.73. The van der Waals surface area contributed by atoms with Crippen molar-refractivity contribution >= 4 is 5.91 Å². The fourth-order valence-corrected chi connectivity index (χ4v) is 1.67. The number of hydrogen-bond donors (Lipinski definition) is 2. The Kier molecular flexibility index (Phi) is 2.71. The molecule has 1 saturated carbocycles. The zero-order valence-electron chi connectivity index (χ0n) is 9.49. The SMILES string of the molecule is Cc1cc(C(=O)NCC(C)(O)C2CC2)no1. The van der Waals surface area contributed by atoms with E-state index in [-0.39, 0.29) is 18.1 Å². The molecule has 1 fully saturated rings. The van der Waals surface area contributed by atoms with Crippen molar-refractivity contribution in [3.63, 3.8) is 0 Å². The van der Waals surface area contributed by atoms with E-state index in [0.717, 1.165) is 12.8 Å². The third-order valence-corrected chi connectivity index (χ3v) is 2.92. The average molecular weight is 224 g/mol. The lowest BCUT2D eigenvalue weighted by atomic mass is 10.0. The van der Waals surface area contributed by atoms with Crippen molar-refractivity contribution in [3.8, 4) is 0 Å². The maximum Gasteiger partial charge on any atom is 0.273 e. The molecule has 16 heavy (non-hydrogen) atoms. The van der Waals surface area contributed by atoms with Crippen molar-refractivity contribution in [2.75, 3.05) is 6.54 Å². The molecule has 1 unspecified atom stereocenters. The van der Waals surface area contributed by atoms with Crippen LogP contribution in [-0.4, -0.2) is 28.3 Å². The standard InChI is InChI=1S/C11H16N2O3/c1-7-5-9(13-16-7)10(14)12-6-11(2,15)8-3-4-8/h5,8,15H,3-4,6H2,1-2H3,(H,12,14). The summed E-state index contributed by atoms with van der Waals surface area (Å²) < 4.78 is 4.80. The third-order valence-electron chi connectivity index (χ3n) is 2.92. The fourth-order valence-electron chi connectivity index (χ4n) is 1.67. The zero-order chi connectivity index (χ0) is 11.8. The molecule has 1 heterocycles. The van der Waals surface area contributed by atoms with Crippen molar-refractivity contribution in [1.29, 1.82) is 0 Å². The molecule has 1 amide bonds. The van der Waals surface area contributed by atoms with Gasteiger partial charge in [-0.25, -0.2) is 0 Å². The molecule has 88 valence electrons. The summed E-state index contributed by atoms with van der Waals surface area (Å²) in [5.74, 6) is 0.601. The Morgan fingerprint density at radius 2 is 2.44 bits per heavy atom. The molecule has 1 aromatic heterocycles. The lowest BCUT2D eigenvalue weighted by Crippen LogP contribution is -2.42. The summed E-state index contributed by atoms with van der Waals surface area (Å²) in [6, 6.07) is 1.57. The van der Waals surface area contributed by atoms with Crippen LogP contribution in [0.4, 0.5) is 0 Å². The highest BCUT2D eigenvalue weighted by atomic mass is 16.5. The van der Waals surface area contributed by atoms with Gasteiger partial charge in [-0.05, 0) is 32.6 Å². The van der Waals surface area contributed by atoms with Crippen LogP contribution in [0.3, 0.4) is 0 Å². The van der Waals surface area contributed by atoms with E-state index in [2.05, 4.69) is 10.5 Å². The Labute approximate surface area is 93.8 Å². The molecule has 0 aliphatic heterocycles. The lowest BCUT2D eigenvalue weighted by Gasteiger charge is -2.22. The molecule has 2 rings (SSSR count). The van der Waals surface area contributed by atoms with Gasteiger partial charge in [-0.1, -0.05) is 5.16 Å². The molecule has 1 atom stereocenters. The van der Waals surface area contributed by atoms with Gasteiger partial charge in [0.2, 0.25) is 0 Å². The molecule has 1 aromatic rings. The number of carbonyl (C=O) groups excluding carboxylic acids is 1. The van der Waals surface area contributed by atoms with E-state index >= 15 is 0 Å². The predicted octanol–water partition coefficient (Wildman–Crippen LogP) is 0.874. The molecule has 0 bridgehead atoms. The fraction of sp³-hybridized carbons (Fsp3) is 0.636. The molecule has 2 N–H and O–H groups in total. The van der Waals surface area contributed by atoms with E-state index in [9.17, 15) is 9.90 Å². The van der Waals surface area contributed by atoms with Gasteiger partial charge < -0.3 is 14.9 Å². The summed E-state index contributed by atoms with van der Waals surface area (Å²) in [5, 5.41) is 16.3. The summed E-state index contributed by atoms with van der Waals surface area (Å²) in [7, 11) is 0. The number of aromatic nitrogens is 1. The number of nitrogens with one attached hydrogen (secondary N) is 1. The van der Waals surface area contributed by atoms with Crippen LogP contribution >= 0.6 is 0 Å². The number of nitrogens with zero attached hydrogens (tertiary/aromatic N) is 1. The monoisotopic (exact) mass is 224 g/mol. The van der Waals surface area contributed by atoms with Crippen LogP contribution in [-0.2, 0) is 0 Å². The van der Waals surface area contributed by atoms with Crippen LogP contribution in [0.15, 0.2) is 10.6 Å². The minimum Gasteiger partial charge on any atom is -0.388 e. The molecule has 0 saturated heterocycles. The van der Waals surface area contributed by atoms with Crippen molar-refractivity contribution < 1.29 is 14.4 Å². The van der Waals surface area contributed by atoms with Crippen LogP contribution in [0.1, 0.15) is 36.0 Å². The Morgan fingerprint density at radius 1 is 1.75 bits per heavy atom. The second kappa shape index (κ2) is 3.90. The van der Waals surface area contributed by atoms with E-state index in [4.69, 9.17) is 4.52 Å². The Balaban J connectivity index is 1.88. The maximum absolute atomic E-state index is 11.6. The summed E-state index contributed by atoms with van der Waals surface area (Å²) in [4.78, 5) is 11.6. The van der Waals surface area contributed by atoms with Crippen molar-refractivity contribution in [2.24, 2.45) is 5.92 Å². The molecular formula is C11H16N2O3.